The number of amides is 1. The van der Waals surface area contributed by atoms with E-state index in [1.807, 2.05) is 25.1 Å². The van der Waals surface area contributed by atoms with Gasteiger partial charge in [-0.15, -0.1) is 0 Å². The molecule has 1 aliphatic carbocycles. The van der Waals surface area contributed by atoms with Gasteiger partial charge in [0, 0.05) is 45.2 Å². The fourth-order valence-electron chi connectivity index (χ4n) is 5.08. The van der Waals surface area contributed by atoms with Crippen molar-refractivity contribution in [1.29, 1.82) is 0 Å². The van der Waals surface area contributed by atoms with Gasteiger partial charge in [-0.05, 0) is 56.6 Å². The van der Waals surface area contributed by atoms with Crippen LogP contribution in [0.25, 0.3) is 11.0 Å². The number of imidazole rings is 1. The van der Waals surface area contributed by atoms with Crippen LogP contribution in [0.15, 0.2) is 24.3 Å². The van der Waals surface area contributed by atoms with Gasteiger partial charge in [0.2, 0.25) is 5.91 Å². The lowest BCUT2D eigenvalue weighted by atomic mass is 9.95. The van der Waals surface area contributed by atoms with E-state index in [2.05, 4.69) is 25.4 Å². The Hall–Kier alpha value is -1.88. The van der Waals surface area contributed by atoms with Gasteiger partial charge in [-0.3, -0.25) is 9.69 Å². The molecule has 144 valence electrons. The molecule has 1 aromatic heterocycles. The third kappa shape index (κ3) is 3.49. The number of hydrogen-bond acceptors (Lipinski definition) is 3. The van der Waals surface area contributed by atoms with Gasteiger partial charge in [0.1, 0.15) is 5.82 Å². The summed E-state index contributed by atoms with van der Waals surface area (Å²) in [5.74, 6) is 2.92. The zero-order valence-electron chi connectivity index (χ0n) is 16.3. The predicted molar refractivity (Wildman–Crippen MR) is 106 cm³/mol. The molecule has 0 radical (unpaired) electrons. The van der Waals surface area contributed by atoms with Crippen molar-refractivity contribution in [2.75, 3.05) is 26.2 Å². The first-order valence-corrected chi connectivity index (χ1v) is 10.6. The molecule has 1 saturated carbocycles. The minimum absolute atomic E-state index is 0.317. The van der Waals surface area contributed by atoms with E-state index in [-0.39, 0.29) is 0 Å². The molecule has 0 unspecified atom stereocenters. The van der Waals surface area contributed by atoms with Crippen LogP contribution in [0.5, 0.6) is 0 Å². The number of fused-ring (bicyclic) bond motifs is 5. The average Bonchev–Trinajstić information content (AvgIpc) is 3.47. The molecule has 2 bridgehead atoms. The first-order chi connectivity index (χ1) is 13.2. The van der Waals surface area contributed by atoms with Crippen LogP contribution in [0.4, 0.5) is 0 Å². The molecule has 4 fully saturated rings. The zero-order chi connectivity index (χ0) is 18.4. The highest BCUT2D eigenvalue weighted by Gasteiger charge is 2.38. The van der Waals surface area contributed by atoms with E-state index < -0.39 is 0 Å². The minimum Gasteiger partial charge on any atom is -0.341 e. The number of para-hydroxylation sites is 2. The summed E-state index contributed by atoms with van der Waals surface area (Å²) in [5, 5.41) is 0. The van der Waals surface area contributed by atoms with Gasteiger partial charge in [-0.2, -0.15) is 0 Å². The molecule has 0 spiro atoms. The number of hydrogen-bond donors (Lipinski definition) is 0. The number of carbonyl (C=O) groups is 1. The number of benzene rings is 1. The second kappa shape index (κ2) is 6.93. The van der Waals surface area contributed by atoms with E-state index in [1.54, 1.807) is 0 Å². The van der Waals surface area contributed by atoms with Crippen LogP contribution >= 0.6 is 0 Å². The monoisotopic (exact) mass is 366 g/mol. The topological polar surface area (TPSA) is 41.4 Å². The Kier molecular flexibility index (Phi) is 4.43. The summed E-state index contributed by atoms with van der Waals surface area (Å²) in [7, 11) is 0. The average molecular weight is 367 g/mol. The largest absolute Gasteiger partial charge is 0.341 e. The normalized spacial score (nSPS) is 25.9. The molecular weight excluding hydrogens is 336 g/mol. The van der Waals surface area contributed by atoms with Crippen molar-refractivity contribution in [3.8, 4) is 0 Å². The van der Waals surface area contributed by atoms with E-state index in [4.69, 9.17) is 0 Å². The van der Waals surface area contributed by atoms with Crippen LogP contribution in [0.1, 0.15) is 37.9 Å². The van der Waals surface area contributed by atoms with Crippen LogP contribution in [-0.2, 0) is 11.3 Å². The summed E-state index contributed by atoms with van der Waals surface area (Å²) >= 11 is 0. The van der Waals surface area contributed by atoms with Crippen molar-refractivity contribution >= 4 is 16.9 Å². The Bertz CT molecular complexity index is 840. The lowest BCUT2D eigenvalue weighted by Gasteiger charge is -2.36. The highest BCUT2D eigenvalue weighted by atomic mass is 16.2. The van der Waals surface area contributed by atoms with Gasteiger partial charge >= 0.3 is 0 Å². The molecule has 4 aliphatic rings. The summed E-state index contributed by atoms with van der Waals surface area (Å²) in [6, 6.07) is 8.79. The fraction of sp³-hybridized carbons (Fsp3) is 0.636. The molecule has 0 N–H and O–H groups in total. The Balaban J connectivity index is 1.25. The smallest absolute Gasteiger partial charge is 0.224 e. The van der Waals surface area contributed by atoms with Gasteiger partial charge < -0.3 is 9.47 Å². The van der Waals surface area contributed by atoms with Gasteiger partial charge in [0.25, 0.3) is 0 Å². The maximum atomic E-state index is 13.0. The Morgan fingerprint density at radius 2 is 1.96 bits per heavy atom. The third-order valence-corrected chi connectivity index (χ3v) is 6.76. The lowest BCUT2D eigenvalue weighted by Crippen LogP contribution is -2.45. The second-order valence-electron chi connectivity index (χ2n) is 8.84. The van der Waals surface area contributed by atoms with Crippen LogP contribution in [0.3, 0.4) is 0 Å². The summed E-state index contributed by atoms with van der Waals surface area (Å²) in [6.45, 7) is 7.13. The summed E-state index contributed by atoms with van der Waals surface area (Å²) in [4.78, 5) is 22.5. The summed E-state index contributed by atoms with van der Waals surface area (Å²) in [6.07, 6.45) is 5.96. The zero-order valence-corrected chi connectivity index (χ0v) is 16.3. The standard InChI is InChI=1S/C22H30N4O/c1-16-23-20-4-2-3-5-21(20)26(16)11-10-22(27)25-14-18-8-9-19(15-25)24(13-18)12-17-6-7-17/h2-5,17-19H,6-15H2,1H3/t18-,19-/m1/s1. The van der Waals surface area contributed by atoms with Gasteiger partial charge in [0.05, 0.1) is 11.0 Å². The van der Waals surface area contributed by atoms with Crippen molar-refractivity contribution < 1.29 is 4.79 Å². The Morgan fingerprint density at radius 3 is 2.81 bits per heavy atom. The van der Waals surface area contributed by atoms with Crippen LogP contribution in [0, 0.1) is 18.8 Å². The maximum Gasteiger partial charge on any atom is 0.224 e. The SMILES string of the molecule is Cc1nc2ccccc2n1CCC(=O)N1C[C@@H]2CC[C@H](C1)N(CC1CC1)C2. The Morgan fingerprint density at radius 1 is 1.11 bits per heavy atom. The van der Waals surface area contributed by atoms with Gasteiger partial charge in [-0.25, -0.2) is 4.98 Å². The van der Waals surface area contributed by atoms with Crippen LogP contribution in [-0.4, -0.2) is 57.5 Å². The first kappa shape index (κ1) is 17.2. The van der Waals surface area contributed by atoms with E-state index in [1.165, 1.54) is 38.8 Å². The molecule has 5 nitrogen and oxygen atoms in total. The fourth-order valence-corrected chi connectivity index (χ4v) is 5.08. The number of nitrogens with zero attached hydrogens (tertiary/aromatic N) is 4. The van der Waals surface area contributed by atoms with Gasteiger partial charge in [0.15, 0.2) is 0 Å². The third-order valence-electron chi connectivity index (χ3n) is 6.76. The first-order valence-electron chi connectivity index (χ1n) is 10.6. The number of piperidine rings is 1. The van der Waals surface area contributed by atoms with Crippen molar-refractivity contribution in [1.82, 2.24) is 19.4 Å². The lowest BCUT2D eigenvalue weighted by molar-refractivity contribution is -0.131. The molecule has 2 aromatic rings. The number of aryl methyl sites for hydroxylation is 2. The molecule has 3 saturated heterocycles. The predicted octanol–water partition coefficient (Wildman–Crippen LogP) is 3.07. The van der Waals surface area contributed by atoms with Crippen molar-refractivity contribution in [3.05, 3.63) is 30.1 Å². The minimum atomic E-state index is 0.317. The van der Waals surface area contributed by atoms with E-state index in [0.717, 1.165) is 42.4 Å². The molecule has 6 rings (SSSR count). The molecule has 1 amide bonds. The Labute approximate surface area is 161 Å². The van der Waals surface area contributed by atoms with Crippen LogP contribution in [0.2, 0.25) is 0 Å². The van der Waals surface area contributed by atoms with Crippen molar-refractivity contribution in [2.45, 2.75) is 51.6 Å². The molecule has 27 heavy (non-hydrogen) atoms. The van der Waals surface area contributed by atoms with Crippen LogP contribution < -0.4 is 0 Å². The molecule has 4 heterocycles. The van der Waals surface area contributed by atoms with Crippen molar-refractivity contribution in [3.63, 3.8) is 0 Å². The summed E-state index contributed by atoms with van der Waals surface area (Å²) < 4.78 is 2.19. The molecule has 5 heteroatoms. The molecular formula is C22H30N4O. The van der Waals surface area contributed by atoms with E-state index in [9.17, 15) is 4.79 Å². The number of carbonyl (C=O) groups excluding carboxylic acids is 1. The highest BCUT2D eigenvalue weighted by Crippen LogP contribution is 2.35. The quantitative estimate of drug-likeness (QED) is 0.817. The maximum absolute atomic E-state index is 13.0. The van der Waals surface area contributed by atoms with Gasteiger partial charge in [-0.1, -0.05) is 12.1 Å². The molecule has 3 aliphatic heterocycles. The number of aromatic nitrogens is 2. The van der Waals surface area contributed by atoms with E-state index >= 15 is 0 Å². The highest BCUT2D eigenvalue weighted by molar-refractivity contribution is 5.78. The van der Waals surface area contributed by atoms with E-state index in [0.29, 0.717) is 24.3 Å². The number of rotatable bonds is 5. The summed E-state index contributed by atoms with van der Waals surface area (Å²) in [5.41, 5.74) is 2.15. The molecule has 2 atom stereocenters. The molecule has 1 aromatic carbocycles. The second-order valence-corrected chi connectivity index (χ2v) is 8.84. The van der Waals surface area contributed by atoms with Crippen molar-refractivity contribution in [2.24, 2.45) is 11.8 Å².